The molecular formula is C135H121N9SSi. The van der Waals surface area contributed by atoms with Crippen LogP contribution in [0, 0.1) is 83.1 Å². The van der Waals surface area contributed by atoms with Crippen LogP contribution in [0.15, 0.2) is 447 Å². The van der Waals surface area contributed by atoms with Crippen LogP contribution in [0.1, 0.15) is 100 Å². The molecule has 20 aromatic rings. The first-order valence-electron chi connectivity index (χ1n) is 50.7. The Kier molecular flexibility index (Phi) is 27.7. The number of rotatable bonds is 12. The molecule has 26 rings (SSSR count). The van der Waals surface area contributed by atoms with E-state index in [0.29, 0.717) is 0 Å². The molecule has 20 aromatic carbocycles. The first-order valence-corrected chi connectivity index (χ1v) is 52.9. The molecule has 146 heavy (non-hydrogen) atoms. The predicted octanol–water partition coefficient (Wildman–Crippen LogP) is 35.7. The van der Waals surface area contributed by atoms with Gasteiger partial charge in [-0.2, -0.15) is 0 Å². The summed E-state index contributed by atoms with van der Waals surface area (Å²) in [6.45, 7) is 25.7. The number of nitrogens with zero attached hydrogens (tertiary/aromatic N) is 4. The zero-order valence-electron chi connectivity index (χ0n) is 85.1. The van der Waals surface area contributed by atoms with E-state index in [9.17, 15) is 0 Å². The maximum Gasteiger partial charge on any atom is 0.0929 e. The summed E-state index contributed by atoms with van der Waals surface area (Å²) in [5, 5.41) is 20.5. The second kappa shape index (κ2) is 42.4. The lowest BCUT2D eigenvalue weighted by Gasteiger charge is -2.26. The highest BCUT2D eigenvalue weighted by molar-refractivity contribution is 7.99. The molecule has 0 aromatic heterocycles. The molecule has 0 bridgehead atoms. The molecule has 716 valence electrons. The van der Waals surface area contributed by atoms with Crippen LogP contribution >= 0.6 is 11.8 Å². The fourth-order valence-electron chi connectivity index (χ4n) is 20.5. The largest absolute Gasteiger partial charge is 0.356 e. The van der Waals surface area contributed by atoms with Crippen molar-refractivity contribution in [2.24, 2.45) is 0 Å². The quantitative estimate of drug-likeness (QED) is 0.0764. The van der Waals surface area contributed by atoms with Gasteiger partial charge >= 0.3 is 0 Å². The van der Waals surface area contributed by atoms with Crippen LogP contribution in [0.25, 0.3) is 22.3 Å². The van der Waals surface area contributed by atoms with Gasteiger partial charge in [0.15, 0.2) is 0 Å². The van der Waals surface area contributed by atoms with E-state index in [1.54, 1.807) is 0 Å². The van der Waals surface area contributed by atoms with Gasteiger partial charge in [-0.15, -0.1) is 0 Å². The molecule has 4 aliphatic heterocycles. The highest BCUT2D eigenvalue weighted by atomic mass is 32.2. The van der Waals surface area contributed by atoms with Crippen molar-refractivity contribution in [3.63, 3.8) is 0 Å². The molecule has 0 spiro atoms. The van der Waals surface area contributed by atoms with Crippen LogP contribution in [0.2, 0.25) is 0 Å². The van der Waals surface area contributed by atoms with E-state index in [2.05, 4.69) is 566 Å². The number of aryl methyl sites for hydroxylation is 12. The van der Waals surface area contributed by atoms with E-state index in [1.807, 2.05) is 11.8 Å². The van der Waals surface area contributed by atoms with Crippen LogP contribution in [-0.2, 0) is 19.3 Å². The summed E-state index contributed by atoms with van der Waals surface area (Å²) < 4.78 is 0. The maximum atomic E-state index is 3.53. The SMILES string of the molecule is Cc1ccc(N(c2ccccc2)c2ccc3c(c2)Cc2cc(N(c4ccccc4)c4ccc(C)cc4)ccc2-3)cc1.Cc1ccc2c(c1)Cc1cc(C)ccc1N2.Cc1ccc2c(c1)Nc1cc(C)ccc1N2.Cc1ccc2c(c1)Sc1cc(C)ccc1N2.Cc1ccc2c(c1)[SiH2]c1cc(C)ccc1N2.Cc1cccc(N(c2ccccc2)c2ccc3c(c2)Cc2cc(N(c4ccccc4)c4cccc(C)c4)ccc2-3)c1. The molecule has 0 fully saturated rings. The first-order chi connectivity index (χ1) is 71.2. The minimum Gasteiger partial charge on any atom is -0.356 e. The Morgan fingerprint density at radius 3 is 0.747 bits per heavy atom. The third-order valence-corrected chi connectivity index (χ3v) is 30.9. The number of hydrogen-bond donors (Lipinski definition) is 5. The van der Waals surface area contributed by atoms with E-state index < -0.39 is 0 Å². The molecule has 2 aliphatic carbocycles. The van der Waals surface area contributed by atoms with Crippen molar-refractivity contribution in [2.75, 3.05) is 46.2 Å². The second-order valence-corrected chi connectivity index (χ2v) is 42.5. The van der Waals surface area contributed by atoms with Crippen molar-refractivity contribution in [1.29, 1.82) is 0 Å². The molecule has 0 radical (unpaired) electrons. The topological polar surface area (TPSA) is 73.1 Å². The Morgan fingerprint density at radius 2 is 0.397 bits per heavy atom. The third kappa shape index (κ3) is 21.5. The van der Waals surface area contributed by atoms with Gasteiger partial charge in [0.25, 0.3) is 0 Å². The van der Waals surface area contributed by atoms with Gasteiger partial charge < -0.3 is 46.2 Å². The average Bonchev–Trinajstić information content (AvgIpc) is 1.61. The van der Waals surface area contributed by atoms with Crippen molar-refractivity contribution in [3.05, 3.63) is 537 Å². The van der Waals surface area contributed by atoms with Gasteiger partial charge in [-0.1, -0.05) is 264 Å². The number of anilines is 22. The molecule has 9 nitrogen and oxygen atoms in total. The van der Waals surface area contributed by atoms with Crippen LogP contribution < -0.4 is 56.6 Å². The molecule has 6 aliphatic rings. The van der Waals surface area contributed by atoms with E-state index >= 15 is 0 Å². The average molecular weight is 1930 g/mol. The van der Waals surface area contributed by atoms with E-state index in [4.69, 9.17) is 0 Å². The van der Waals surface area contributed by atoms with Crippen molar-refractivity contribution in [1.82, 2.24) is 0 Å². The van der Waals surface area contributed by atoms with Crippen molar-refractivity contribution in [2.45, 2.75) is 112 Å². The van der Waals surface area contributed by atoms with E-state index in [-0.39, 0.29) is 9.52 Å². The zero-order valence-corrected chi connectivity index (χ0v) is 87.3. The van der Waals surface area contributed by atoms with Gasteiger partial charge in [0.1, 0.15) is 0 Å². The fourth-order valence-corrected chi connectivity index (χ4v) is 23.8. The van der Waals surface area contributed by atoms with Crippen LogP contribution in [-0.4, -0.2) is 9.52 Å². The van der Waals surface area contributed by atoms with Crippen LogP contribution in [0.3, 0.4) is 0 Å². The molecule has 0 unspecified atom stereocenters. The summed E-state index contributed by atoms with van der Waals surface area (Å²) in [6, 6.07) is 158. The first kappa shape index (κ1) is 95.4. The van der Waals surface area contributed by atoms with Crippen molar-refractivity contribution >= 4 is 157 Å². The summed E-state index contributed by atoms with van der Waals surface area (Å²) in [5.41, 5.74) is 55.3. The Hall–Kier alpha value is -16.8. The summed E-state index contributed by atoms with van der Waals surface area (Å²) in [4.78, 5) is 12.1. The molecule has 0 saturated carbocycles. The van der Waals surface area contributed by atoms with Gasteiger partial charge in [0.05, 0.1) is 43.6 Å². The standard InChI is InChI=1S/2C39H32N2.C15H15N.C14H14N2.C14H13NS.C14H15NSi/c1-28-11-9-17-34(23-28)40(32-13-5-3-6-14-32)36-19-21-38-30(26-36)25-31-27-37(20-22-39(31)38)41(33-15-7-4-8-16-33)35-18-10-12-29(2)24-35;1-28-13-17-34(18-14-28)40(32-9-5-3-6-10-32)36-21-23-38-30(26-36)25-31-27-37(22-24-39(31)38)41(33-11-7-4-8-12-33)35-19-15-29(2)16-20-35;1-10-3-5-14-12(7-10)9-13-8-11(2)4-6-15(13)16-14;3*1-9-3-5-11-13(7-9)16-14-8-10(2)4-6-12(14)15-11/h2*3-24,26-27H,25H2,1-2H3;3-8,16H,9H2,1-2H3;3-8,15-16H,1-2H3;3-8,15H,1-2H3;3-8,15H,16H2,1-2H3. The van der Waals surface area contributed by atoms with Gasteiger partial charge in [-0.25, -0.2) is 0 Å². The smallest absolute Gasteiger partial charge is 0.0929 e. The number of benzene rings is 20. The summed E-state index contributed by atoms with van der Waals surface area (Å²) in [5.74, 6) is 0. The highest BCUT2D eigenvalue weighted by Crippen LogP contribution is 2.51. The molecule has 0 atom stereocenters. The summed E-state index contributed by atoms with van der Waals surface area (Å²) in [6.07, 6.45) is 2.87. The number of hydrogen-bond acceptors (Lipinski definition) is 10. The fraction of sp³-hybridized carbons (Fsp3) is 0.111. The Bertz CT molecular complexity index is 7330. The molecule has 0 amide bonds. The molecule has 11 heteroatoms. The van der Waals surface area contributed by atoms with Gasteiger partial charge in [-0.3, -0.25) is 0 Å². The molecule has 5 N–H and O–H groups in total. The van der Waals surface area contributed by atoms with E-state index in [1.165, 1.54) is 211 Å². The van der Waals surface area contributed by atoms with Crippen LogP contribution in [0.5, 0.6) is 0 Å². The Labute approximate surface area is 867 Å². The zero-order chi connectivity index (χ0) is 100. The molecular weight excluding hydrogens is 1810 g/mol. The number of fused-ring (bicyclic) bond motifs is 14. The summed E-state index contributed by atoms with van der Waals surface area (Å²) in [7, 11) is -0.300. The minimum absolute atomic E-state index is 0.300. The second-order valence-electron chi connectivity index (χ2n) is 39.6. The Morgan fingerprint density at radius 1 is 0.164 bits per heavy atom. The normalized spacial score (nSPS) is 12.0. The third-order valence-electron chi connectivity index (χ3n) is 27.9. The highest BCUT2D eigenvalue weighted by Gasteiger charge is 2.29. The van der Waals surface area contributed by atoms with E-state index in [0.717, 1.165) is 76.1 Å². The molecule has 4 heterocycles. The van der Waals surface area contributed by atoms with Gasteiger partial charge in [0.2, 0.25) is 0 Å². The lowest BCUT2D eigenvalue weighted by molar-refractivity contribution is 1.14. The van der Waals surface area contributed by atoms with Gasteiger partial charge in [0, 0.05) is 107 Å². The van der Waals surface area contributed by atoms with Crippen LogP contribution in [0.4, 0.5) is 125 Å². The number of nitrogens with one attached hydrogen (secondary N) is 5. The lowest BCUT2D eigenvalue weighted by Crippen LogP contribution is -2.35. The summed E-state index contributed by atoms with van der Waals surface area (Å²) >= 11 is 1.85. The number of para-hydroxylation sites is 4. The minimum atomic E-state index is -0.300. The predicted molar refractivity (Wildman–Crippen MR) is 628 cm³/mol. The Balaban J connectivity index is 0.000000109. The lowest BCUT2D eigenvalue weighted by atomic mass is 9.95. The van der Waals surface area contributed by atoms with Crippen molar-refractivity contribution in [3.8, 4) is 22.3 Å². The van der Waals surface area contributed by atoms with Gasteiger partial charge in [-0.05, 0) is 414 Å². The monoisotopic (exact) mass is 1930 g/mol. The van der Waals surface area contributed by atoms with Crippen molar-refractivity contribution < 1.29 is 0 Å². The maximum absolute atomic E-state index is 3.53. The molecule has 0 saturated heterocycles.